The fourth-order valence-electron chi connectivity index (χ4n) is 2.13. The lowest BCUT2D eigenvalue weighted by molar-refractivity contribution is 0.0955. The zero-order valence-electron chi connectivity index (χ0n) is 13.5. The fraction of sp³-hybridized carbons (Fsp3) is 0.0500. The summed E-state index contributed by atoms with van der Waals surface area (Å²) in [6, 6.07) is 20.5. The zero-order chi connectivity index (χ0) is 17.3. The molecule has 0 aliphatic rings. The molecule has 5 nitrogen and oxygen atoms in total. The normalized spacial score (nSPS) is 10.6. The van der Waals surface area contributed by atoms with Crippen molar-refractivity contribution >= 4 is 12.1 Å². The molecule has 2 aromatic carbocycles. The molecule has 0 aliphatic carbocycles. The van der Waals surface area contributed by atoms with E-state index in [1.54, 1.807) is 48.9 Å². The summed E-state index contributed by atoms with van der Waals surface area (Å²) in [7, 11) is 0. The fourth-order valence-corrected chi connectivity index (χ4v) is 2.13. The summed E-state index contributed by atoms with van der Waals surface area (Å²) in [6.07, 6.45) is 4.88. The maximum atomic E-state index is 12.0. The molecule has 0 spiro atoms. The van der Waals surface area contributed by atoms with Gasteiger partial charge in [-0.15, -0.1) is 0 Å². The largest absolute Gasteiger partial charge is 0.489 e. The first kappa shape index (κ1) is 16.4. The third-order valence-corrected chi connectivity index (χ3v) is 3.43. The number of benzene rings is 2. The lowest BCUT2D eigenvalue weighted by atomic mass is 10.2. The smallest absolute Gasteiger partial charge is 0.271 e. The second-order valence-corrected chi connectivity index (χ2v) is 5.28. The van der Waals surface area contributed by atoms with Gasteiger partial charge >= 0.3 is 0 Å². The number of amides is 1. The summed E-state index contributed by atoms with van der Waals surface area (Å²) in [5.74, 6) is 0.425. The van der Waals surface area contributed by atoms with E-state index in [2.05, 4.69) is 15.5 Å². The highest BCUT2D eigenvalue weighted by Gasteiger charge is 2.04. The molecule has 0 saturated carbocycles. The molecule has 3 aromatic rings. The highest BCUT2D eigenvalue weighted by Crippen LogP contribution is 2.14. The molecule has 0 aliphatic heterocycles. The van der Waals surface area contributed by atoms with Crippen molar-refractivity contribution in [2.24, 2.45) is 5.10 Å². The Hall–Kier alpha value is -3.47. The predicted octanol–water partition coefficient (Wildman–Crippen LogP) is 3.42. The number of aromatic nitrogens is 1. The molecule has 25 heavy (non-hydrogen) atoms. The van der Waals surface area contributed by atoms with Gasteiger partial charge in [0.05, 0.1) is 6.21 Å². The Bertz CT molecular complexity index is 832. The molecule has 0 radical (unpaired) electrons. The van der Waals surface area contributed by atoms with Crippen LogP contribution in [-0.4, -0.2) is 17.1 Å². The van der Waals surface area contributed by atoms with E-state index in [1.807, 2.05) is 36.4 Å². The van der Waals surface area contributed by atoms with Crippen molar-refractivity contribution in [3.8, 4) is 5.75 Å². The Morgan fingerprint density at radius 2 is 1.84 bits per heavy atom. The minimum atomic E-state index is -0.283. The van der Waals surface area contributed by atoms with E-state index in [1.165, 1.54) is 0 Å². The van der Waals surface area contributed by atoms with Crippen molar-refractivity contribution in [1.29, 1.82) is 0 Å². The highest BCUT2D eigenvalue weighted by atomic mass is 16.5. The maximum absolute atomic E-state index is 12.0. The first-order valence-electron chi connectivity index (χ1n) is 7.81. The van der Waals surface area contributed by atoms with Gasteiger partial charge in [-0.3, -0.25) is 9.78 Å². The summed E-state index contributed by atoms with van der Waals surface area (Å²) in [5.41, 5.74) is 4.90. The number of hydrogen-bond acceptors (Lipinski definition) is 4. The molecule has 1 heterocycles. The maximum Gasteiger partial charge on any atom is 0.271 e. The number of carbonyl (C=O) groups is 1. The predicted molar refractivity (Wildman–Crippen MR) is 96.5 cm³/mol. The van der Waals surface area contributed by atoms with Gasteiger partial charge in [0, 0.05) is 23.5 Å². The van der Waals surface area contributed by atoms with Crippen molar-refractivity contribution in [3.63, 3.8) is 0 Å². The number of rotatable bonds is 6. The second-order valence-electron chi connectivity index (χ2n) is 5.28. The van der Waals surface area contributed by atoms with E-state index < -0.39 is 0 Å². The first-order valence-corrected chi connectivity index (χ1v) is 7.81. The number of nitrogens with zero attached hydrogens (tertiary/aromatic N) is 2. The molecule has 0 unspecified atom stereocenters. The van der Waals surface area contributed by atoms with Crippen LogP contribution in [0.5, 0.6) is 5.75 Å². The van der Waals surface area contributed by atoms with E-state index >= 15 is 0 Å². The van der Waals surface area contributed by atoms with Crippen LogP contribution in [0.1, 0.15) is 21.5 Å². The standard InChI is InChI=1S/C20H17N3O2/c24-20(23-22-14-17-7-4-12-21-13-17)18-8-10-19(11-9-18)25-15-16-5-2-1-3-6-16/h1-14H,15H2,(H,23,24)/b22-14+. The van der Waals surface area contributed by atoms with Gasteiger partial charge in [-0.25, -0.2) is 5.43 Å². The van der Waals surface area contributed by atoms with Crippen LogP contribution in [0.2, 0.25) is 0 Å². The number of hydrazone groups is 1. The van der Waals surface area contributed by atoms with Crippen LogP contribution in [0.3, 0.4) is 0 Å². The molecule has 3 rings (SSSR count). The molecule has 0 fully saturated rings. The van der Waals surface area contributed by atoms with Crippen LogP contribution in [0, 0.1) is 0 Å². The lowest BCUT2D eigenvalue weighted by Crippen LogP contribution is -2.17. The van der Waals surface area contributed by atoms with Crippen LogP contribution in [-0.2, 0) is 6.61 Å². The molecule has 124 valence electrons. The van der Waals surface area contributed by atoms with Crippen molar-refractivity contribution in [1.82, 2.24) is 10.4 Å². The van der Waals surface area contributed by atoms with Crippen LogP contribution >= 0.6 is 0 Å². The van der Waals surface area contributed by atoms with Gasteiger partial charge in [0.15, 0.2) is 0 Å². The van der Waals surface area contributed by atoms with Gasteiger partial charge < -0.3 is 4.74 Å². The Labute approximate surface area is 146 Å². The van der Waals surface area contributed by atoms with Gasteiger partial charge in [-0.05, 0) is 35.9 Å². The van der Waals surface area contributed by atoms with E-state index in [0.717, 1.165) is 11.1 Å². The summed E-state index contributed by atoms with van der Waals surface area (Å²) < 4.78 is 5.70. The van der Waals surface area contributed by atoms with Crippen molar-refractivity contribution in [2.45, 2.75) is 6.61 Å². The van der Waals surface area contributed by atoms with E-state index in [9.17, 15) is 4.79 Å². The summed E-state index contributed by atoms with van der Waals surface area (Å²) in [6.45, 7) is 0.488. The third kappa shape index (κ3) is 5.00. The zero-order valence-corrected chi connectivity index (χ0v) is 13.5. The summed E-state index contributed by atoms with van der Waals surface area (Å²) in [4.78, 5) is 16.0. The number of hydrogen-bond donors (Lipinski definition) is 1. The van der Waals surface area contributed by atoms with Crippen LogP contribution in [0.15, 0.2) is 84.2 Å². The SMILES string of the molecule is O=C(N/N=C/c1cccnc1)c1ccc(OCc2ccccc2)cc1. The lowest BCUT2D eigenvalue weighted by Gasteiger charge is -2.07. The number of pyridine rings is 1. The monoisotopic (exact) mass is 331 g/mol. The van der Waals surface area contributed by atoms with E-state index in [4.69, 9.17) is 4.74 Å². The molecular formula is C20H17N3O2. The van der Waals surface area contributed by atoms with Crippen molar-refractivity contribution in [2.75, 3.05) is 0 Å². The van der Waals surface area contributed by atoms with Crippen molar-refractivity contribution < 1.29 is 9.53 Å². The summed E-state index contributed by atoms with van der Waals surface area (Å²) in [5, 5.41) is 3.92. The van der Waals surface area contributed by atoms with Crippen LogP contribution in [0.25, 0.3) is 0 Å². The summed E-state index contributed by atoms with van der Waals surface area (Å²) >= 11 is 0. The molecule has 1 N–H and O–H groups in total. The van der Waals surface area contributed by atoms with Gasteiger partial charge in [0.1, 0.15) is 12.4 Å². The molecule has 1 aromatic heterocycles. The van der Waals surface area contributed by atoms with Gasteiger partial charge in [-0.2, -0.15) is 5.10 Å². The first-order chi connectivity index (χ1) is 12.3. The van der Waals surface area contributed by atoms with Crippen LogP contribution < -0.4 is 10.2 Å². The minimum absolute atomic E-state index is 0.283. The number of ether oxygens (including phenoxy) is 1. The molecule has 1 amide bonds. The highest BCUT2D eigenvalue weighted by molar-refractivity contribution is 5.94. The van der Waals surface area contributed by atoms with Gasteiger partial charge in [0.25, 0.3) is 5.91 Å². The quantitative estimate of drug-likeness (QED) is 0.556. The molecule has 0 saturated heterocycles. The second kappa shape index (κ2) is 8.40. The van der Waals surface area contributed by atoms with E-state index in [-0.39, 0.29) is 5.91 Å². The van der Waals surface area contributed by atoms with E-state index in [0.29, 0.717) is 17.9 Å². The van der Waals surface area contributed by atoms with Crippen molar-refractivity contribution in [3.05, 3.63) is 95.8 Å². The van der Waals surface area contributed by atoms with Gasteiger partial charge in [0.2, 0.25) is 0 Å². The Kier molecular flexibility index (Phi) is 5.51. The third-order valence-electron chi connectivity index (χ3n) is 3.43. The van der Waals surface area contributed by atoms with Gasteiger partial charge in [-0.1, -0.05) is 36.4 Å². The van der Waals surface area contributed by atoms with Crippen LogP contribution in [0.4, 0.5) is 0 Å². The molecule has 0 atom stereocenters. The minimum Gasteiger partial charge on any atom is -0.489 e. The Morgan fingerprint density at radius 3 is 2.56 bits per heavy atom. The Balaban J connectivity index is 1.52. The Morgan fingerprint density at radius 1 is 1.04 bits per heavy atom. The average molecular weight is 331 g/mol. The molecule has 5 heteroatoms. The molecule has 0 bridgehead atoms. The number of nitrogens with one attached hydrogen (secondary N) is 1. The topological polar surface area (TPSA) is 63.6 Å². The average Bonchev–Trinajstić information content (AvgIpc) is 2.68. The number of carbonyl (C=O) groups excluding carboxylic acids is 1. The molecular weight excluding hydrogens is 314 g/mol.